The van der Waals surface area contributed by atoms with E-state index in [4.69, 9.17) is 37.9 Å². The molecule has 5 heterocycles. The van der Waals surface area contributed by atoms with Crippen molar-refractivity contribution in [2.45, 2.75) is 222 Å². The summed E-state index contributed by atoms with van der Waals surface area (Å²) < 4.78 is 51.1. The fraction of sp³-hybridized carbons (Fsp3) is 0.958. The van der Waals surface area contributed by atoms with Gasteiger partial charge in [0.2, 0.25) is 0 Å². The molecule has 4 aliphatic carbocycles. The lowest BCUT2D eigenvalue weighted by Gasteiger charge is -2.70. The van der Waals surface area contributed by atoms with E-state index in [1.54, 1.807) is 0 Å². The molecule has 66 heavy (non-hydrogen) atoms. The second kappa shape index (κ2) is 17.4. The van der Waals surface area contributed by atoms with E-state index in [0.717, 1.165) is 38.5 Å². The largest absolute Gasteiger partial charge is 0.394 e. The Morgan fingerprint density at radius 2 is 1.29 bits per heavy atom. The van der Waals surface area contributed by atoms with Crippen molar-refractivity contribution in [2.75, 3.05) is 19.8 Å². The Kier molecular flexibility index (Phi) is 13.1. The molecule has 18 nitrogen and oxygen atoms in total. The lowest BCUT2D eigenvalue weighted by molar-refractivity contribution is -0.398. The second-order valence-corrected chi connectivity index (χ2v) is 23.3. The highest BCUT2D eigenvalue weighted by Gasteiger charge is 2.82. The van der Waals surface area contributed by atoms with Crippen LogP contribution in [-0.4, -0.2) is 187 Å². The van der Waals surface area contributed by atoms with Crippen molar-refractivity contribution < 1.29 is 89.0 Å². The minimum absolute atomic E-state index is 0.0887. The summed E-state index contributed by atoms with van der Waals surface area (Å²) in [5.41, 5.74) is -0.692. The van der Waals surface area contributed by atoms with Gasteiger partial charge in [-0.2, -0.15) is 0 Å². The first-order valence-corrected chi connectivity index (χ1v) is 24.5. The molecule has 9 aliphatic rings. The van der Waals surface area contributed by atoms with Crippen LogP contribution in [0, 0.1) is 45.3 Å². The number of ether oxygens (including phenoxy) is 8. The minimum Gasteiger partial charge on any atom is -0.394 e. The summed E-state index contributed by atoms with van der Waals surface area (Å²) in [6.45, 7) is 16.1. The first-order valence-electron chi connectivity index (χ1n) is 24.5. The van der Waals surface area contributed by atoms with Crippen LogP contribution in [0.5, 0.6) is 0 Å². The van der Waals surface area contributed by atoms with Crippen molar-refractivity contribution in [1.29, 1.82) is 0 Å². The van der Waals surface area contributed by atoms with E-state index in [1.165, 1.54) is 12.5 Å². The molecule has 5 aliphatic heterocycles. The molecule has 2 bridgehead atoms. The van der Waals surface area contributed by atoms with E-state index in [9.17, 15) is 51.1 Å². The first kappa shape index (κ1) is 50.0. The van der Waals surface area contributed by atoms with Crippen molar-refractivity contribution in [2.24, 2.45) is 45.3 Å². The fourth-order valence-corrected chi connectivity index (χ4v) is 15.9. The molecule has 0 aromatic heterocycles. The maximum atomic E-state index is 12.3. The van der Waals surface area contributed by atoms with Crippen LogP contribution in [0.15, 0.2) is 11.6 Å². The van der Waals surface area contributed by atoms with Gasteiger partial charge in [-0.1, -0.05) is 39.3 Å². The number of aliphatic hydroxyl groups is 10. The third-order valence-electron chi connectivity index (χ3n) is 19.3. The molecule has 0 amide bonds. The molecule has 0 unspecified atom stereocenters. The molecule has 0 aromatic rings. The average Bonchev–Trinajstić information content (AvgIpc) is 3.87. The van der Waals surface area contributed by atoms with Crippen LogP contribution in [0.25, 0.3) is 0 Å². The van der Waals surface area contributed by atoms with Gasteiger partial charge in [-0.15, -0.1) is 0 Å². The van der Waals surface area contributed by atoms with Gasteiger partial charge in [0.15, 0.2) is 24.7 Å². The van der Waals surface area contributed by atoms with Crippen LogP contribution in [0.2, 0.25) is 0 Å². The molecule has 18 heteroatoms. The first-order chi connectivity index (χ1) is 30.9. The van der Waals surface area contributed by atoms with Gasteiger partial charge in [-0.25, -0.2) is 0 Å². The highest BCUT2D eigenvalue weighted by molar-refractivity contribution is 5.28. The Balaban J connectivity index is 0.986. The van der Waals surface area contributed by atoms with E-state index in [2.05, 4.69) is 47.6 Å². The lowest BCUT2D eigenvalue weighted by atomic mass is 9.35. The van der Waals surface area contributed by atoms with Crippen molar-refractivity contribution in [3.8, 4) is 0 Å². The summed E-state index contributed by atoms with van der Waals surface area (Å²) in [7, 11) is 0. The monoisotopic (exact) mass is 943 g/mol. The molecule has 0 radical (unpaired) electrons. The van der Waals surface area contributed by atoms with Gasteiger partial charge in [0, 0.05) is 17.8 Å². The number of rotatable bonds is 10. The quantitative estimate of drug-likeness (QED) is 0.105. The average molecular weight is 943 g/mol. The standard InChI is InChI=1S/C48H78O18/c1-21(2)9-12-29-46(8,58)39-23-10-11-27-44(6)15-14-28(43(4,5)26(44)13-16-45(27,7)47(23)19-48(39,66-29)59-20-47)63-42-38(65-40-35(56)33(54)30(51)22(3)60-40)37(32(53)25(18-50)62-42)64-41-36(57)34(55)31(52)24(17-49)61-41/h9,22-42,49-58H,10-20H2,1-8H3/t22-,23-,24+,25-,26+,27+,28+,29-,30+,31+,32+,33+,34+,35+,36-,37+,38-,39-,40+,41-,42-,44+,45-,46-,47-,48-/m1/s1. The second-order valence-electron chi connectivity index (χ2n) is 23.3. The topological polar surface area (TPSA) is 276 Å². The zero-order valence-electron chi connectivity index (χ0n) is 39.7. The van der Waals surface area contributed by atoms with Crippen LogP contribution < -0.4 is 0 Å². The van der Waals surface area contributed by atoms with Crippen LogP contribution in [-0.2, 0) is 37.9 Å². The van der Waals surface area contributed by atoms with Gasteiger partial charge in [-0.3, -0.25) is 0 Å². The van der Waals surface area contributed by atoms with Crippen LogP contribution in [0.4, 0.5) is 0 Å². The van der Waals surface area contributed by atoms with Gasteiger partial charge >= 0.3 is 0 Å². The molecular formula is C48H78O18. The number of hydrogen-bond donors (Lipinski definition) is 10. The molecule has 10 N–H and O–H groups in total. The van der Waals surface area contributed by atoms with Crippen LogP contribution >= 0.6 is 0 Å². The van der Waals surface area contributed by atoms with E-state index in [0.29, 0.717) is 25.4 Å². The number of aliphatic hydroxyl groups excluding tert-OH is 9. The van der Waals surface area contributed by atoms with E-state index in [-0.39, 0.29) is 40.1 Å². The van der Waals surface area contributed by atoms with Crippen molar-refractivity contribution in [1.82, 2.24) is 0 Å². The van der Waals surface area contributed by atoms with Gasteiger partial charge in [0.05, 0.1) is 43.7 Å². The fourth-order valence-electron chi connectivity index (χ4n) is 15.9. The highest BCUT2D eigenvalue weighted by Crippen LogP contribution is 2.81. The van der Waals surface area contributed by atoms with Gasteiger partial charge in [0.25, 0.3) is 0 Å². The summed E-state index contributed by atoms with van der Waals surface area (Å²) >= 11 is 0. The maximum absolute atomic E-state index is 12.3. The third-order valence-corrected chi connectivity index (χ3v) is 19.3. The van der Waals surface area contributed by atoms with E-state index < -0.39 is 128 Å². The summed E-state index contributed by atoms with van der Waals surface area (Å²) in [6, 6.07) is 0. The normalized spacial score (nSPS) is 57.4. The minimum atomic E-state index is -1.86. The summed E-state index contributed by atoms with van der Waals surface area (Å²) in [5, 5.41) is 109. The number of hydrogen-bond acceptors (Lipinski definition) is 18. The SMILES string of the molecule is CC(C)=CC[C@H]1O[C@@]23C[C@@]4(CO2)[C@H](CC[C@H]2[C@@]5(C)CC[C@H](O[C@H]6O[C@H](CO)[C@H](O)[C@H](O[C@H]7O[C@@H](CO)[C@H](O)[C@H](O)[C@H]7O)[C@H]6O[C@@H]6O[C@H](C)[C@H](O)[C@H](O)[C@@H]6O)C(C)(C)[C@@H]5CC[C@]24C)[C@@H]3[C@]1(C)O. The molecule has 9 fully saturated rings. The third kappa shape index (κ3) is 7.32. The van der Waals surface area contributed by atoms with Crippen molar-refractivity contribution in [3.05, 3.63) is 11.6 Å². The Hall–Kier alpha value is -0.980. The van der Waals surface area contributed by atoms with Crippen LogP contribution in [0.3, 0.4) is 0 Å². The zero-order valence-corrected chi connectivity index (χ0v) is 39.7. The van der Waals surface area contributed by atoms with Crippen LogP contribution in [0.1, 0.15) is 107 Å². The van der Waals surface area contributed by atoms with E-state index >= 15 is 0 Å². The highest BCUT2D eigenvalue weighted by atomic mass is 16.8. The summed E-state index contributed by atoms with van der Waals surface area (Å²) in [5.74, 6) is -0.143. The van der Waals surface area contributed by atoms with Gasteiger partial charge in [-0.05, 0) is 107 Å². The molecule has 9 rings (SSSR count). The smallest absolute Gasteiger partial charge is 0.187 e. The Labute approximate surface area is 387 Å². The van der Waals surface area contributed by atoms with Gasteiger partial charge < -0.3 is 89.0 Å². The summed E-state index contributed by atoms with van der Waals surface area (Å²) in [4.78, 5) is 0. The Bertz CT molecular complexity index is 1790. The van der Waals surface area contributed by atoms with Gasteiger partial charge in [0.1, 0.15) is 67.1 Å². The number of fused-ring (bicyclic) bond motifs is 4. The molecule has 26 atom stereocenters. The Morgan fingerprint density at radius 1 is 0.667 bits per heavy atom. The molecular weight excluding hydrogens is 865 g/mol. The zero-order chi connectivity index (χ0) is 47.8. The van der Waals surface area contributed by atoms with Crippen molar-refractivity contribution >= 4 is 0 Å². The number of allylic oxidation sites excluding steroid dienone is 1. The molecule has 2 spiro atoms. The molecule has 4 saturated carbocycles. The Morgan fingerprint density at radius 3 is 1.95 bits per heavy atom. The predicted molar refractivity (Wildman–Crippen MR) is 229 cm³/mol. The van der Waals surface area contributed by atoms with E-state index in [1.807, 2.05) is 6.92 Å². The lowest BCUT2D eigenvalue weighted by Crippen LogP contribution is -2.68. The molecule has 378 valence electrons. The molecule has 5 saturated heterocycles. The van der Waals surface area contributed by atoms with Crippen molar-refractivity contribution in [3.63, 3.8) is 0 Å². The molecule has 0 aromatic carbocycles. The maximum Gasteiger partial charge on any atom is 0.187 e. The summed E-state index contributed by atoms with van der Waals surface area (Å²) in [6.07, 6.45) is -15.6. The predicted octanol–water partition coefficient (Wildman–Crippen LogP) is 0.355.